The minimum absolute atomic E-state index is 0.306. The number of aliphatic hydroxyl groups is 1. The lowest BCUT2D eigenvalue weighted by Crippen LogP contribution is -2.02. The molecule has 0 aliphatic heterocycles. The van der Waals surface area contributed by atoms with Crippen molar-refractivity contribution < 1.29 is 13.9 Å². The Hall–Kier alpha value is -0.650. The van der Waals surface area contributed by atoms with Crippen LogP contribution in [0.3, 0.4) is 0 Å². The molecule has 0 radical (unpaired) electrons. The summed E-state index contributed by atoms with van der Waals surface area (Å²) in [6.07, 6.45) is 1.20. The Labute approximate surface area is 115 Å². The summed E-state index contributed by atoms with van der Waals surface area (Å²) in [6, 6.07) is 6.10. The molecular weight excluding hydrogens is 355 g/mol. The minimum atomic E-state index is -0.690. The quantitative estimate of drug-likeness (QED) is 0.885. The molecule has 2 aromatic rings. The van der Waals surface area contributed by atoms with Gasteiger partial charge >= 0.3 is 0 Å². The van der Waals surface area contributed by atoms with Crippen molar-refractivity contribution >= 4 is 31.9 Å². The van der Waals surface area contributed by atoms with Crippen molar-refractivity contribution in [1.29, 1.82) is 0 Å². The first-order valence-electron chi connectivity index (χ1n) is 4.93. The first-order chi connectivity index (χ1) is 8.08. The van der Waals surface area contributed by atoms with Gasteiger partial charge in [0.05, 0.1) is 12.4 Å². The topological polar surface area (TPSA) is 33.4 Å². The zero-order valence-corrected chi connectivity index (χ0v) is 11.8. The van der Waals surface area contributed by atoms with Crippen LogP contribution in [0.4, 0.5) is 4.39 Å². The number of hydrogen-bond donors (Lipinski definition) is 1. The van der Waals surface area contributed by atoms with E-state index in [4.69, 9.17) is 4.42 Å². The monoisotopic (exact) mass is 362 g/mol. The second kappa shape index (κ2) is 5.33. The number of benzene rings is 1. The van der Waals surface area contributed by atoms with Gasteiger partial charge in [-0.1, -0.05) is 22.0 Å². The minimum Gasteiger partial charge on any atom is -0.457 e. The van der Waals surface area contributed by atoms with Crippen molar-refractivity contribution in [3.63, 3.8) is 0 Å². The number of rotatable bonds is 3. The lowest BCUT2D eigenvalue weighted by atomic mass is 10.0. The molecule has 17 heavy (non-hydrogen) atoms. The maximum absolute atomic E-state index is 12.9. The van der Waals surface area contributed by atoms with Gasteiger partial charge in [0.25, 0.3) is 0 Å². The molecule has 0 bridgehead atoms. The van der Waals surface area contributed by atoms with Crippen molar-refractivity contribution in [3.05, 3.63) is 56.6 Å². The van der Waals surface area contributed by atoms with Gasteiger partial charge in [-0.3, -0.25) is 0 Å². The van der Waals surface area contributed by atoms with Crippen molar-refractivity contribution in [2.45, 2.75) is 12.5 Å². The van der Waals surface area contributed by atoms with Crippen molar-refractivity contribution in [1.82, 2.24) is 0 Å². The molecule has 0 fully saturated rings. The van der Waals surface area contributed by atoms with E-state index in [0.29, 0.717) is 21.1 Å². The van der Waals surface area contributed by atoms with Crippen LogP contribution in [0.2, 0.25) is 0 Å². The van der Waals surface area contributed by atoms with E-state index in [1.54, 1.807) is 12.1 Å². The molecule has 0 aliphatic rings. The van der Waals surface area contributed by atoms with Crippen LogP contribution in [-0.4, -0.2) is 5.11 Å². The van der Waals surface area contributed by atoms with Crippen molar-refractivity contribution in [2.75, 3.05) is 0 Å². The van der Waals surface area contributed by atoms with Gasteiger partial charge in [-0.25, -0.2) is 4.39 Å². The molecule has 1 N–H and O–H groups in total. The Balaban J connectivity index is 2.19. The highest BCUT2D eigenvalue weighted by Gasteiger charge is 2.15. The van der Waals surface area contributed by atoms with Gasteiger partial charge in [-0.05, 0) is 39.7 Å². The molecule has 1 unspecified atom stereocenters. The van der Waals surface area contributed by atoms with E-state index in [1.165, 1.54) is 18.4 Å². The van der Waals surface area contributed by atoms with E-state index < -0.39 is 6.10 Å². The summed E-state index contributed by atoms with van der Waals surface area (Å²) in [4.78, 5) is 0. The molecule has 90 valence electrons. The molecule has 0 spiro atoms. The predicted octanol–water partition coefficient (Wildman–Crippen LogP) is 4.22. The van der Waals surface area contributed by atoms with Gasteiger partial charge in [-0.15, -0.1) is 0 Å². The Bertz CT molecular complexity index is 525. The molecular formula is C12H9Br2FO2. The summed E-state index contributed by atoms with van der Waals surface area (Å²) in [6.45, 7) is 0. The maximum atomic E-state index is 12.9. The third-order valence-corrected chi connectivity index (χ3v) is 3.82. The highest BCUT2D eigenvalue weighted by Crippen LogP contribution is 2.29. The van der Waals surface area contributed by atoms with E-state index >= 15 is 0 Å². The fourth-order valence-corrected chi connectivity index (χ4v) is 2.57. The molecule has 1 atom stereocenters. The van der Waals surface area contributed by atoms with Crippen molar-refractivity contribution in [3.8, 4) is 0 Å². The van der Waals surface area contributed by atoms with Crippen LogP contribution >= 0.6 is 31.9 Å². The first kappa shape index (κ1) is 12.8. The Morgan fingerprint density at radius 2 is 2.06 bits per heavy atom. The first-order valence-corrected chi connectivity index (χ1v) is 6.51. The van der Waals surface area contributed by atoms with Gasteiger partial charge in [-0.2, -0.15) is 0 Å². The molecule has 0 aliphatic carbocycles. The highest BCUT2D eigenvalue weighted by molar-refractivity contribution is 9.10. The number of furan rings is 1. The van der Waals surface area contributed by atoms with E-state index in [2.05, 4.69) is 31.9 Å². The van der Waals surface area contributed by atoms with Crippen LogP contribution in [0.5, 0.6) is 0 Å². The smallest absolute Gasteiger partial charge is 0.174 e. The second-order valence-electron chi connectivity index (χ2n) is 3.61. The molecule has 1 aromatic heterocycles. The third-order valence-electron chi connectivity index (χ3n) is 2.43. The summed E-state index contributed by atoms with van der Waals surface area (Å²) in [7, 11) is 0. The Morgan fingerprint density at radius 1 is 1.29 bits per heavy atom. The molecule has 0 saturated carbocycles. The van der Waals surface area contributed by atoms with Gasteiger partial charge in [0.2, 0.25) is 0 Å². The van der Waals surface area contributed by atoms with Crippen LogP contribution in [-0.2, 0) is 6.42 Å². The highest BCUT2D eigenvalue weighted by atomic mass is 79.9. The molecule has 2 rings (SSSR count). The zero-order chi connectivity index (χ0) is 12.4. The van der Waals surface area contributed by atoms with Gasteiger partial charge in [0, 0.05) is 16.5 Å². The van der Waals surface area contributed by atoms with E-state index in [0.717, 1.165) is 5.56 Å². The van der Waals surface area contributed by atoms with E-state index in [-0.39, 0.29) is 5.82 Å². The zero-order valence-electron chi connectivity index (χ0n) is 8.66. The molecule has 1 heterocycles. The number of hydrogen-bond acceptors (Lipinski definition) is 2. The maximum Gasteiger partial charge on any atom is 0.174 e. The van der Waals surface area contributed by atoms with E-state index in [1.807, 2.05) is 0 Å². The summed E-state index contributed by atoms with van der Waals surface area (Å²) in [5.41, 5.74) is 1.52. The summed E-state index contributed by atoms with van der Waals surface area (Å²) >= 11 is 6.48. The molecule has 1 aromatic carbocycles. The Kier molecular flexibility index (Phi) is 4.01. The largest absolute Gasteiger partial charge is 0.457 e. The van der Waals surface area contributed by atoms with E-state index in [9.17, 15) is 9.50 Å². The standard InChI is InChI=1S/C12H9Br2FO2/c13-10-6-8(15)2-1-7(10)5-11(16)9-3-4-17-12(9)14/h1-4,6,11,16H,5H2. The lowest BCUT2D eigenvalue weighted by Gasteiger charge is -2.10. The molecule has 2 nitrogen and oxygen atoms in total. The second-order valence-corrected chi connectivity index (χ2v) is 5.18. The van der Waals surface area contributed by atoms with Crippen LogP contribution in [0.1, 0.15) is 17.2 Å². The SMILES string of the molecule is OC(Cc1ccc(F)cc1Br)c1ccoc1Br. The fraction of sp³-hybridized carbons (Fsp3) is 0.167. The normalized spacial score (nSPS) is 12.7. The summed E-state index contributed by atoms with van der Waals surface area (Å²) < 4.78 is 19.1. The van der Waals surface area contributed by atoms with Crippen LogP contribution in [0, 0.1) is 5.82 Å². The predicted molar refractivity (Wildman–Crippen MR) is 69.2 cm³/mol. The van der Waals surface area contributed by atoms with Crippen LogP contribution in [0.15, 0.2) is 44.1 Å². The average Bonchev–Trinajstić information content (AvgIpc) is 2.68. The summed E-state index contributed by atoms with van der Waals surface area (Å²) in [5, 5.41) is 10.0. The van der Waals surface area contributed by atoms with Crippen LogP contribution < -0.4 is 0 Å². The molecule has 0 saturated heterocycles. The van der Waals surface area contributed by atoms with Gasteiger partial charge in [0.15, 0.2) is 4.67 Å². The Morgan fingerprint density at radius 3 is 2.65 bits per heavy atom. The van der Waals surface area contributed by atoms with Crippen LogP contribution in [0.25, 0.3) is 0 Å². The van der Waals surface area contributed by atoms with Gasteiger partial charge in [0.1, 0.15) is 5.82 Å². The average molecular weight is 364 g/mol. The number of halogens is 3. The molecule has 0 amide bonds. The lowest BCUT2D eigenvalue weighted by molar-refractivity contribution is 0.176. The van der Waals surface area contributed by atoms with Crippen molar-refractivity contribution in [2.24, 2.45) is 0 Å². The fourth-order valence-electron chi connectivity index (χ4n) is 1.55. The van der Waals surface area contributed by atoms with Gasteiger partial charge < -0.3 is 9.52 Å². The summed E-state index contributed by atoms with van der Waals surface area (Å²) in [5.74, 6) is -0.306. The third kappa shape index (κ3) is 2.97. The number of aliphatic hydroxyl groups excluding tert-OH is 1. The molecule has 5 heteroatoms.